The van der Waals surface area contributed by atoms with Crippen molar-refractivity contribution in [3.05, 3.63) is 18.7 Å². The molecule has 0 radical (unpaired) electrons. The van der Waals surface area contributed by atoms with Gasteiger partial charge in [-0.2, -0.15) is 6.92 Å². The minimum Gasteiger partial charge on any atom is -0.501 e. The van der Waals surface area contributed by atoms with E-state index in [1.165, 1.54) is 0 Å². The van der Waals surface area contributed by atoms with Crippen LogP contribution in [0.25, 0.3) is 0 Å². The summed E-state index contributed by atoms with van der Waals surface area (Å²) in [7, 11) is -1.07. The van der Waals surface area contributed by atoms with Crippen molar-refractivity contribution in [3.8, 4) is 0 Å². The molecule has 0 fully saturated rings. The fraction of sp³-hybridized carbons (Fsp3) is 0.727. The van der Waals surface area contributed by atoms with E-state index >= 15 is 0 Å². The number of hydrogen-bond donors (Lipinski definition) is 0. The average molecular weight is 250 g/mol. The molecule has 0 saturated heterocycles. The van der Waals surface area contributed by atoms with E-state index in [1.807, 2.05) is 0 Å². The van der Waals surface area contributed by atoms with Gasteiger partial charge in [0.05, 0.1) is 0 Å². The molecular formula is C11H24SiZn. The number of rotatable bonds is 1. The second-order valence-electron chi connectivity index (χ2n) is 4.90. The predicted octanol–water partition coefficient (Wildman–Crippen LogP) is 4.11. The summed E-state index contributed by atoms with van der Waals surface area (Å²) in [6.45, 7) is 18.5. The minimum atomic E-state index is -1.07. The molecule has 0 aliphatic carbocycles. The molecule has 0 aromatic rings. The van der Waals surface area contributed by atoms with Gasteiger partial charge in [-0.15, -0.1) is 8.07 Å². The summed E-state index contributed by atoms with van der Waals surface area (Å²) in [5.41, 5.74) is 3.78. The summed E-state index contributed by atoms with van der Waals surface area (Å²) in [6.07, 6.45) is 2.21. The molecule has 0 amide bonds. The normalized spacial score (nSPS) is 11.7. The van der Waals surface area contributed by atoms with Crippen molar-refractivity contribution in [2.75, 3.05) is 0 Å². The van der Waals surface area contributed by atoms with Crippen molar-refractivity contribution in [2.45, 2.75) is 47.3 Å². The Morgan fingerprint density at radius 2 is 1.38 bits per heavy atom. The fourth-order valence-corrected chi connectivity index (χ4v) is 1.30. The van der Waals surface area contributed by atoms with Gasteiger partial charge in [-0.25, -0.2) is 0 Å². The Kier molecular flexibility index (Phi) is 11.7. The van der Waals surface area contributed by atoms with Crippen LogP contribution in [0.1, 0.15) is 27.7 Å². The van der Waals surface area contributed by atoms with E-state index in [2.05, 4.69) is 59.1 Å². The average Bonchev–Trinajstić information content (AvgIpc) is 1.86. The topological polar surface area (TPSA) is 0 Å². The number of allylic oxidation sites excluding steroid dienone is 1. The van der Waals surface area contributed by atoms with Crippen molar-refractivity contribution < 1.29 is 19.5 Å². The Morgan fingerprint density at radius 1 is 1.08 bits per heavy atom. The molecule has 0 N–H and O–H groups in total. The van der Waals surface area contributed by atoms with Crippen molar-refractivity contribution >= 4 is 8.07 Å². The zero-order valence-corrected chi connectivity index (χ0v) is 14.5. The maximum absolute atomic E-state index is 3.48. The summed E-state index contributed by atoms with van der Waals surface area (Å²) in [6, 6.07) is 0. The maximum atomic E-state index is 3.48. The van der Waals surface area contributed by atoms with Gasteiger partial charge in [-0.3, -0.25) is 6.08 Å². The van der Waals surface area contributed by atoms with E-state index in [0.717, 1.165) is 0 Å². The summed E-state index contributed by atoms with van der Waals surface area (Å²) in [4.78, 5) is 0. The van der Waals surface area contributed by atoms with Crippen molar-refractivity contribution in [1.29, 1.82) is 0 Å². The molecule has 0 aromatic heterocycles. The molecule has 0 aliphatic heterocycles. The van der Waals surface area contributed by atoms with Crippen molar-refractivity contribution in [1.82, 2.24) is 0 Å². The second-order valence-corrected chi connectivity index (χ2v) is 9.69. The van der Waals surface area contributed by atoms with Gasteiger partial charge in [0.15, 0.2) is 0 Å². The minimum absolute atomic E-state index is 0. The van der Waals surface area contributed by atoms with Crippen LogP contribution in [0, 0.1) is 18.0 Å². The van der Waals surface area contributed by atoms with E-state index in [1.54, 1.807) is 6.92 Å². The molecule has 74 valence electrons. The third-order valence-corrected chi connectivity index (χ3v) is 1.95. The monoisotopic (exact) mass is 248 g/mol. The zero-order valence-electron chi connectivity index (χ0n) is 10.5. The molecule has 0 bridgehead atoms. The molecule has 0 saturated carbocycles. The molecule has 2 heteroatoms. The Hall–Kier alpha value is 0.580. The van der Waals surface area contributed by atoms with Crippen molar-refractivity contribution in [3.63, 3.8) is 0 Å². The molecular weight excluding hydrogens is 226 g/mol. The second kappa shape index (κ2) is 7.94. The summed E-state index contributed by atoms with van der Waals surface area (Å²) in [5, 5.41) is 0. The van der Waals surface area contributed by atoms with Crippen molar-refractivity contribution in [2.24, 2.45) is 5.41 Å². The quantitative estimate of drug-likeness (QED) is 0.485. The van der Waals surface area contributed by atoms with Crippen LogP contribution in [-0.2, 0) is 19.5 Å². The molecule has 0 spiro atoms. The third kappa shape index (κ3) is 24.5. The first-order chi connectivity index (χ1) is 5.21. The summed E-state index contributed by atoms with van der Waals surface area (Å²) < 4.78 is 0. The van der Waals surface area contributed by atoms with E-state index < -0.39 is 8.07 Å². The van der Waals surface area contributed by atoms with Gasteiger partial charge in [-0.05, 0) is 0 Å². The van der Waals surface area contributed by atoms with Crippen LogP contribution in [0.5, 0.6) is 0 Å². The zero-order chi connectivity index (χ0) is 10.4. The van der Waals surface area contributed by atoms with Crippen LogP contribution in [-0.4, -0.2) is 8.07 Å². The standard InChI is InChI=1S/C9H19Si.C2H5.Zn/c1-9(2,3)7-8-10(4,5)6;1-2;/h7H,1-6H3;1H2,2H3;/q2*-1;+2. The smallest absolute Gasteiger partial charge is 0.501 e. The largest absolute Gasteiger partial charge is 2.00 e. The van der Waals surface area contributed by atoms with Crippen LogP contribution in [0.2, 0.25) is 19.6 Å². The molecule has 13 heavy (non-hydrogen) atoms. The predicted molar refractivity (Wildman–Crippen MR) is 61.6 cm³/mol. The Morgan fingerprint density at radius 3 is 1.46 bits per heavy atom. The van der Waals surface area contributed by atoms with Gasteiger partial charge in [0.2, 0.25) is 0 Å². The van der Waals surface area contributed by atoms with Gasteiger partial charge in [0.25, 0.3) is 0 Å². The molecule has 0 atom stereocenters. The van der Waals surface area contributed by atoms with Crippen LogP contribution in [0.4, 0.5) is 0 Å². The molecule has 0 unspecified atom stereocenters. The summed E-state index contributed by atoms with van der Waals surface area (Å²) >= 11 is 0. The van der Waals surface area contributed by atoms with E-state index in [9.17, 15) is 0 Å². The maximum Gasteiger partial charge on any atom is 2.00 e. The van der Waals surface area contributed by atoms with Crippen LogP contribution in [0.15, 0.2) is 6.08 Å². The molecule has 0 heterocycles. The molecule has 0 rings (SSSR count). The Bertz CT molecular complexity index is 110. The van der Waals surface area contributed by atoms with Gasteiger partial charge < -0.3 is 12.6 Å². The summed E-state index contributed by atoms with van der Waals surface area (Å²) in [5.74, 6) is 0. The van der Waals surface area contributed by atoms with Gasteiger partial charge in [-0.1, -0.05) is 45.8 Å². The van der Waals surface area contributed by atoms with Gasteiger partial charge >= 0.3 is 19.5 Å². The first-order valence-electron chi connectivity index (χ1n) is 4.53. The van der Waals surface area contributed by atoms with Gasteiger partial charge in [0.1, 0.15) is 0 Å². The van der Waals surface area contributed by atoms with E-state index in [-0.39, 0.29) is 19.5 Å². The van der Waals surface area contributed by atoms with E-state index in [0.29, 0.717) is 5.41 Å². The number of hydrogen-bond acceptors (Lipinski definition) is 0. The fourth-order valence-electron chi connectivity index (χ4n) is 0.433. The van der Waals surface area contributed by atoms with Crippen LogP contribution < -0.4 is 0 Å². The van der Waals surface area contributed by atoms with Gasteiger partial charge in [0, 0.05) is 0 Å². The molecule has 0 nitrogen and oxygen atoms in total. The van der Waals surface area contributed by atoms with E-state index in [4.69, 9.17) is 0 Å². The van der Waals surface area contributed by atoms with Crippen LogP contribution in [0.3, 0.4) is 0 Å². The first-order valence-corrected chi connectivity index (χ1v) is 8.03. The third-order valence-electron chi connectivity index (χ3n) is 0.938. The van der Waals surface area contributed by atoms with Crippen LogP contribution >= 0.6 is 0 Å². The SMILES string of the molecule is CC(C)(C)C=[C-][Si](C)(C)C.[CH2-]C.[Zn+2]. The Balaban J connectivity index is -0.000000309. The molecule has 0 aromatic carbocycles. The molecule has 0 aliphatic rings. The first kappa shape index (κ1) is 19.2. The Labute approximate surface area is 99.0 Å².